The van der Waals surface area contributed by atoms with Gasteiger partial charge in [-0.25, -0.2) is 9.97 Å². The molecule has 6 nitrogen and oxygen atoms in total. The summed E-state index contributed by atoms with van der Waals surface area (Å²) in [6, 6.07) is 16.2. The average Bonchev–Trinajstić information content (AvgIpc) is 2.78. The van der Waals surface area contributed by atoms with Gasteiger partial charge in [0, 0.05) is 44.3 Å². The third-order valence-corrected chi connectivity index (χ3v) is 5.35. The van der Waals surface area contributed by atoms with Crippen LogP contribution in [0.15, 0.2) is 77.5 Å². The van der Waals surface area contributed by atoms with Crippen molar-refractivity contribution in [3.63, 3.8) is 0 Å². The van der Waals surface area contributed by atoms with E-state index in [1.54, 1.807) is 18.6 Å². The van der Waals surface area contributed by atoms with Gasteiger partial charge in [0.15, 0.2) is 5.82 Å². The minimum Gasteiger partial charge on any atom is -0.363 e. The van der Waals surface area contributed by atoms with Crippen LogP contribution in [0, 0.1) is 0 Å². The fraction of sp³-hybridized carbons (Fsp3) is 0.292. The predicted molar refractivity (Wildman–Crippen MR) is 121 cm³/mol. The molecule has 0 saturated carbocycles. The number of likely N-dealkylation sites (tertiary alicyclic amines) is 1. The molecule has 1 aromatic carbocycles. The van der Waals surface area contributed by atoms with Crippen molar-refractivity contribution in [1.29, 1.82) is 0 Å². The normalized spacial score (nSPS) is 15.8. The highest BCUT2D eigenvalue weighted by Crippen LogP contribution is 2.16. The van der Waals surface area contributed by atoms with Crippen LogP contribution >= 0.6 is 0 Å². The SMILES string of the molecule is CC(=Cc1ccccc1)CN1CCC(Nc2nccn(-c3ccccn3)c2=O)CC1. The smallest absolute Gasteiger partial charge is 0.299 e. The maximum Gasteiger partial charge on any atom is 0.299 e. The second-order valence-electron chi connectivity index (χ2n) is 7.74. The van der Waals surface area contributed by atoms with Crippen molar-refractivity contribution in [3.8, 4) is 5.82 Å². The second kappa shape index (κ2) is 9.50. The van der Waals surface area contributed by atoms with Crippen LogP contribution in [-0.4, -0.2) is 45.1 Å². The standard InChI is InChI=1S/C24H27N5O/c1-19(17-20-7-3-2-4-8-20)18-28-14-10-21(11-15-28)27-23-24(30)29(16-13-26-23)22-9-5-6-12-25-22/h2-9,12-13,16-17,21H,10-11,14-15,18H2,1H3,(H,26,27). The molecule has 0 bridgehead atoms. The Hall–Kier alpha value is -3.25. The molecular weight excluding hydrogens is 374 g/mol. The van der Waals surface area contributed by atoms with Crippen molar-refractivity contribution in [3.05, 3.63) is 88.6 Å². The molecule has 3 aromatic rings. The number of benzene rings is 1. The third kappa shape index (κ3) is 5.02. The van der Waals surface area contributed by atoms with Gasteiger partial charge >= 0.3 is 0 Å². The summed E-state index contributed by atoms with van der Waals surface area (Å²) in [7, 11) is 0. The summed E-state index contributed by atoms with van der Waals surface area (Å²) in [5.41, 5.74) is 2.43. The predicted octanol–water partition coefficient (Wildman–Crippen LogP) is 3.61. The average molecular weight is 402 g/mol. The molecule has 1 aliphatic heterocycles. The monoisotopic (exact) mass is 401 g/mol. The number of nitrogens with one attached hydrogen (secondary N) is 1. The third-order valence-electron chi connectivity index (χ3n) is 5.35. The maximum absolute atomic E-state index is 12.8. The van der Waals surface area contributed by atoms with Gasteiger partial charge in [-0.2, -0.15) is 0 Å². The van der Waals surface area contributed by atoms with E-state index in [9.17, 15) is 4.79 Å². The number of pyridine rings is 1. The van der Waals surface area contributed by atoms with Gasteiger partial charge in [-0.1, -0.05) is 48.0 Å². The second-order valence-corrected chi connectivity index (χ2v) is 7.74. The van der Waals surface area contributed by atoms with Crippen LogP contribution in [0.5, 0.6) is 0 Å². The van der Waals surface area contributed by atoms with Crippen LogP contribution in [-0.2, 0) is 0 Å². The van der Waals surface area contributed by atoms with Crippen LogP contribution in [0.4, 0.5) is 5.82 Å². The molecule has 0 aliphatic carbocycles. The molecule has 0 spiro atoms. The van der Waals surface area contributed by atoms with E-state index in [4.69, 9.17) is 0 Å². The molecule has 0 amide bonds. The summed E-state index contributed by atoms with van der Waals surface area (Å²) in [4.78, 5) is 23.8. The zero-order valence-corrected chi connectivity index (χ0v) is 17.2. The molecule has 3 heterocycles. The Morgan fingerprint density at radius 1 is 1.07 bits per heavy atom. The van der Waals surface area contributed by atoms with Crippen molar-refractivity contribution in [2.24, 2.45) is 0 Å². The summed E-state index contributed by atoms with van der Waals surface area (Å²) in [5.74, 6) is 0.991. The molecule has 4 rings (SSSR count). The summed E-state index contributed by atoms with van der Waals surface area (Å²) in [6.07, 6.45) is 9.19. The van der Waals surface area contributed by atoms with Crippen molar-refractivity contribution in [2.45, 2.75) is 25.8 Å². The Kier molecular flexibility index (Phi) is 6.35. The van der Waals surface area contributed by atoms with Crippen molar-refractivity contribution >= 4 is 11.9 Å². The first-order chi connectivity index (χ1) is 14.7. The lowest BCUT2D eigenvalue weighted by molar-refractivity contribution is 0.236. The van der Waals surface area contributed by atoms with E-state index in [2.05, 4.69) is 57.4 Å². The molecule has 0 radical (unpaired) electrons. The van der Waals surface area contributed by atoms with E-state index in [1.165, 1.54) is 15.7 Å². The molecule has 30 heavy (non-hydrogen) atoms. The van der Waals surface area contributed by atoms with Gasteiger partial charge in [-0.3, -0.25) is 14.3 Å². The van der Waals surface area contributed by atoms with Crippen LogP contribution in [0.1, 0.15) is 25.3 Å². The number of rotatable bonds is 6. The van der Waals surface area contributed by atoms with E-state index in [0.717, 1.165) is 32.5 Å². The minimum absolute atomic E-state index is 0.166. The summed E-state index contributed by atoms with van der Waals surface area (Å²) < 4.78 is 1.53. The van der Waals surface area contributed by atoms with Gasteiger partial charge in [-0.05, 0) is 37.5 Å². The van der Waals surface area contributed by atoms with Crippen molar-refractivity contribution in [1.82, 2.24) is 19.4 Å². The lowest BCUT2D eigenvalue weighted by atomic mass is 10.0. The van der Waals surface area contributed by atoms with E-state index < -0.39 is 0 Å². The summed E-state index contributed by atoms with van der Waals surface area (Å²) in [5, 5.41) is 3.36. The zero-order chi connectivity index (χ0) is 20.8. The number of anilines is 1. The van der Waals surface area contributed by atoms with E-state index in [0.29, 0.717) is 11.6 Å². The summed E-state index contributed by atoms with van der Waals surface area (Å²) >= 11 is 0. The zero-order valence-electron chi connectivity index (χ0n) is 17.2. The van der Waals surface area contributed by atoms with E-state index in [1.807, 2.05) is 24.3 Å². The lowest BCUT2D eigenvalue weighted by Crippen LogP contribution is -2.41. The Labute approximate surface area is 176 Å². The fourth-order valence-electron chi connectivity index (χ4n) is 3.85. The number of hydrogen-bond acceptors (Lipinski definition) is 5. The lowest BCUT2D eigenvalue weighted by Gasteiger charge is -2.32. The number of aromatic nitrogens is 3. The number of hydrogen-bond donors (Lipinski definition) is 1. The highest BCUT2D eigenvalue weighted by atomic mass is 16.1. The van der Waals surface area contributed by atoms with Crippen LogP contribution in [0.2, 0.25) is 0 Å². The minimum atomic E-state index is -0.166. The Morgan fingerprint density at radius 2 is 1.83 bits per heavy atom. The van der Waals surface area contributed by atoms with Gasteiger partial charge in [0.05, 0.1) is 0 Å². The largest absolute Gasteiger partial charge is 0.363 e. The van der Waals surface area contributed by atoms with Gasteiger partial charge in [-0.15, -0.1) is 0 Å². The molecule has 0 unspecified atom stereocenters. The highest BCUT2D eigenvalue weighted by molar-refractivity contribution is 5.52. The molecule has 154 valence electrons. The van der Waals surface area contributed by atoms with Gasteiger partial charge in [0.2, 0.25) is 0 Å². The molecule has 1 fully saturated rings. The number of piperidine rings is 1. The number of nitrogens with zero attached hydrogens (tertiary/aromatic N) is 4. The Morgan fingerprint density at radius 3 is 2.57 bits per heavy atom. The van der Waals surface area contributed by atoms with Crippen LogP contribution in [0.3, 0.4) is 0 Å². The summed E-state index contributed by atoms with van der Waals surface area (Å²) in [6.45, 7) is 5.15. The molecular formula is C24H27N5O. The molecule has 2 aromatic heterocycles. The molecule has 1 saturated heterocycles. The maximum atomic E-state index is 12.8. The van der Waals surface area contributed by atoms with Crippen molar-refractivity contribution in [2.75, 3.05) is 25.0 Å². The molecule has 6 heteroatoms. The Bertz CT molecular complexity index is 1040. The van der Waals surface area contributed by atoms with Crippen molar-refractivity contribution < 1.29 is 0 Å². The Balaban J connectivity index is 1.34. The molecule has 1 aliphatic rings. The first-order valence-corrected chi connectivity index (χ1v) is 10.4. The van der Waals surface area contributed by atoms with Gasteiger partial charge in [0.1, 0.15) is 5.82 Å². The first kappa shape index (κ1) is 20.0. The quantitative estimate of drug-likeness (QED) is 0.684. The van der Waals surface area contributed by atoms with Crippen LogP contribution in [0.25, 0.3) is 11.9 Å². The van der Waals surface area contributed by atoms with Gasteiger partial charge < -0.3 is 5.32 Å². The topological polar surface area (TPSA) is 63.1 Å². The van der Waals surface area contributed by atoms with Crippen LogP contribution < -0.4 is 10.9 Å². The highest BCUT2D eigenvalue weighted by Gasteiger charge is 2.20. The molecule has 0 atom stereocenters. The van der Waals surface area contributed by atoms with E-state index in [-0.39, 0.29) is 11.6 Å². The first-order valence-electron chi connectivity index (χ1n) is 10.4. The van der Waals surface area contributed by atoms with Gasteiger partial charge in [0.25, 0.3) is 5.56 Å². The fourth-order valence-corrected chi connectivity index (χ4v) is 3.85. The van der Waals surface area contributed by atoms with E-state index >= 15 is 0 Å². The molecule has 1 N–H and O–H groups in total.